The largest absolute Gasteiger partial charge is 0.308 e. The highest BCUT2D eigenvalue weighted by atomic mass is 32.2. The molecular formula is C16H27NS. The molecule has 0 aliphatic carbocycles. The van der Waals surface area contributed by atoms with Crippen LogP contribution in [0.4, 0.5) is 0 Å². The average molecular weight is 265 g/mol. The van der Waals surface area contributed by atoms with Crippen molar-refractivity contribution in [3.63, 3.8) is 0 Å². The molecule has 0 bridgehead atoms. The van der Waals surface area contributed by atoms with Gasteiger partial charge in [0.25, 0.3) is 0 Å². The number of rotatable bonds is 6. The summed E-state index contributed by atoms with van der Waals surface area (Å²) >= 11 is 1.92. The van der Waals surface area contributed by atoms with E-state index in [9.17, 15) is 0 Å². The van der Waals surface area contributed by atoms with Gasteiger partial charge in [0, 0.05) is 12.1 Å². The maximum atomic E-state index is 3.71. The average Bonchev–Trinajstić information content (AvgIpc) is 2.31. The van der Waals surface area contributed by atoms with Crippen molar-refractivity contribution >= 4 is 11.8 Å². The summed E-state index contributed by atoms with van der Waals surface area (Å²) < 4.78 is 0. The Labute approximate surface area is 117 Å². The standard InChI is InChI=1S/C16H27NS/c1-11-9-13(3)16(10-12(11)2)15(5)17-14(4)7-8-18-6/h9-10,14-15,17H,7-8H2,1-6H3. The Balaban J connectivity index is 2.72. The topological polar surface area (TPSA) is 12.0 Å². The van der Waals surface area contributed by atoms with Crippen LogP contribution in [0.5, 0.6) is 0 Å². The number of nitrogens with one attached hydrogen (secondary N) is 1. The Hall–Kier alpha value is -0.470. The SMILES string of the molecule is CSCCC(C)NC(C)c1cc(C)c(C)cc1C. The summed E-state index contributed by atoms with van der Waals surface area (Å²) in [7, 11) is 0. The molecule has 0 heterocycles. The number of hydrogen-bond acceptors (Lipinski definition) is 2. The van der Waals surface area contributed by atoms with Crippen molar-refractivity contribution in [2.45, 2.75) is 53.1 Å². The first-order valence-electron chi connectivity index (χ1n) is 6.78. The van der Waals surface area contributed by atoms with Gasteiger partial charge in [-0.2, -0.15) is 11.8 Å². The first-order valence-corrected chi connectivity index (χ1v) is 8.17. The summed E-state index contributed by atoms with van der Waals surface area (Å²) in [4.78, 5) is 0. The Morgan fingerprint density at radius 2 is 1.67 bits per heavy atom. The second-order valence-corrected chi connectivity index (χ2v) is 6.35. The van der Waals surface area contributed by atoms with E-state index in [1.807, 2.05) is 11.8 Å². The molecule has 18 heavy (non-hydrogen) atoms. The van der Waals surface area contributed by atoms with Crippen molar-refractivity contribution in [3.8, 4) is 0 Å². The first kappa shape index (κ1) is 15.6. The zero-order valence-electron chi connectivity index (χ0n) is 12.6. The zero-order chi connectivity index (χ0) is 13.7. The molecule has 2 atom stereocenters. The minimum Gasteiger partial charge on any atom is -0.308 e. The lowest BCUT2D eigenvalue weighted by Gasteiger charge is -2.22. The van der Waals surface area contributed by atoms with E-state index in [2.05, 4.69) is 58.3 Å². The molecule has 1 nitrogen and oxygen atoms in total. The summed E-state index contributed by atoms with van der Waals surface area (Å²) in [6.45, 7) is 11.1. The molecule has 0 aromatic heterocycles. The Kier molecular flexibility index (Phi) is 6.24. The molecule has 1 aromatic carbocycles. The second kappa shape index (κ2) is 7.20. The first-order chi connectivity index (χ1) is 8.45. The fourth-order valence-corrected chi connectivity index (χ4v) is 2.93. The van der Waals surface area contributed by atoms with E-state index in [1.54, 1.807) is 0 Å². The van der Waals surface area contributed by atoms with Gasteiger partial charge in [0.05, 0.1) is 0 Å². The van der Waals surface area contributed by atoms with Crippen LogP contribution in [0.25, 0.3) is 0 Å². The van der Waals surface area contributed by atoms with Gasteiger partial charge in [0.1, 0.15) is 0 Å². The molecule has 2 unspecified atom stereocenters. The van der Waals surface area contributed by atoms with Crippen LogP contribution in [-0.4, -0.2) is 18.1 Å². The predicted molar refractivity (Wildman–Crippen MR) is 84.7 cm³/mol. The van der Waals surface area contributed by atoms with E-state index in [4.69, 9.17) is 0 Å². The molecular weight excluding hydrogens is 238 g/mol. The van der Waals surface area contributed by atoms with Crippen LogP contribution in [0.3, 0.4) is 0 Å². The Morgan fingerprint density at radius 1 is 1.06 bits per heavy atom. The lowest BCUT2D eigenvalue weighted by Crippen LogP contribution is -2.29. The minimum atomic E-state index is 0.432. The van der Waals surface area contributed by atoms with Crippen LogP contribution in [0.2, 0.25) is 0 Å². The number of thioether (sulfide) groups is 1. The maximum absolute atomic E-state index is 3.71. The number of aryl methyl sites for hydroxylation is 3. The van der Waals surface area contributed by atoms with E-state index < -0.39 is 0 Å². The molecule has 0 spiro atoms. The summed E-state index contributed by atoms with van der Waals surface area (Å²) in [6.07, 6.45) is 3.40. The molecule has 1 N–H and O–H groups in total. The third-order valence-electron chi connectivity index (χ3n) is 3.64. The van der Waals surface area contributed by atoms with Gasteiger partial charge in [-0.3, -0.25) is 0 Å². The van der Waals surface area contributed by atoms with Crippen molar-refractivity contribution < 1.29 is 0 Å². The quantitative estimate of drug-likeness (QED) is 0.818. The molecule has 102 valence electrons. The van der Waals surface area contributed by atoms with Crippen molar-refractivity contribution in [2.24, 2.45) is 0 Å². The molecule has 1 rings (SSSR count). The van der Waals surface area contributed by atoms with Crippen molar-refractivity contribution in [1.82, 2.24) is 5.32 Å². The van der Waals surface area contributed by atoms with Crippen molar-refractivity contribution in [2.75, 3.05) is 12.0 Å². The van der Waals surface area contributed by atoms with Crippen molar-refractivity contribution in [1.29, 1.82) is 0 Å². The van der Waals surface area contributed by atoms with Crippen LogP contribution in [0.15, 0.2) is 12.1 Å². The van der Waals surface area contributed by atoms with Crippen LogP contribution >= 0.6 is 11.8 Å². The predicted octanol–water partition coefficient (Wildman–Crippen LogP) is 4.40. The number of hydrogen-bond donors (Lipinski definition) is 1. The third-order valence-corrected chi connectivity index (χ3v) is 4.28. The van der Waals surface area contributed by atoms with Gasteiger partial charge in [-0.25, -0.2) is 0 Å². The fourth-order valence-electron chi connectivity index (χ4n) is 2.34. The monoisotopic (exact) mass is 265 g/mol. The van der Waals surface area contributed by atoms with Gasteiger partial charge in [0.2, 0.25) is 0 Å². The Morgan fingerprint density at radius 3 is 2.28 bits per heavy atom. The van der Waals surface area contributed by atoms with Gasteiger partial charge in [-0.05, 0) is 75.3 Å². The van der Waals surface area contributed by atoms with Gasteiger partial charge >= 0.3 is 0 Å². The summed E-state index contributed by atoms with van der Waals surface area (Å²) in [5, 5.41) is 3.71. The van der Waals surface area contributed by atoms with Crippen molar-refractivity contribution in [3.05, 3.63) is 34.4 Å². The summed E-state index contributed by atoms with van der Waals surface area (Å²) in [5.74, 6) is 1.23. The van der Waals surface area contributed by atoms with Gasteiger partial charge in [-0.15, -0.1) is 0 Å². The van der Waals surface area contributed by atoms with E-state index in [0.717, 1.165) is 0 Å². The van der Waals surface area contributed by atoms with E-state index in [0.29, 0.717) is 12.1 Å². The fraction of sp³-hybridized carbons (Fsp3) is 0.625. The molecule has 1 aromatic rings. The molecule has 2 heteroatoms. The van der Waals surface area contributed by atoms with Crippen LogP contribution in [-0.2, 0) is 0 Å². The van der Waals surface area contributed by atoms with Gasteiger partial charge in [-0.1, -0.05) is 12.1 Å². The molecule has 0 saturated heterocycles. The van der Waals surface area contributed by atoms with E-state index in [1.165, 1.54) is 34.4 Å². The molecule has 0 radical (unpaired) electrons. The van der Waals surface area contributed by atoms with Crippen LogP contribution in [0.1, 0.15) is 48.6 Å². The van der Waals surface area contributed by atoms with E-state index in [-0.39, 0.29) is 0 Å². The minimum absolute atomic E-state index is 0.432. The third kappa shape index (κ3) is 4.33. The molecule has 0 saturated carbocycles. The maximum Gasteiger partial charge on any atom is 0.0296 e. The highest BCUT2D eigenvalue weighted by Crippen LogP contribution is 2.22. The van der Waals surface area contributed by atoms with Gasteiger partial charge < -0.3 is 5.32 Å². The summed E-state index contributed by atoms with van der Waals surface area (Å²) in [6, 6.07) is 5.65. The highest BCUT2D eigenvalue weighted by Gasteiger charge is 2.12. The molecule has 0 aliphatic rings. The number of benzene rings is 1. The van der Waals surface area contributed by atoms with Crippen LogP contribution < -0.4 is 5.32 Å². The molecule has 0 amide bonds. The summed E-state index contributed by atoms with van der Waals surface area (Å²) in [5.41, 5.74) is 5.61. The smallest absolute Gasteiger partial charge is 0.0296 e. The Bertz CT molecular complexity index is 387. The molecule has 0 fully saturated rings. The normalized spacial score (nSPS) is 14.6. The lowest BCUT2D eigenvalue weighted by atomic mass is 9.96. The van der Waals surface area contributed by atoms with Crippen LogP contribution in [0, 0.1) is 20.8 Å². The lowest BCUT2D eigenvalue weighted by molar-refractivity contribution is 0.470. The second-order valence-electron chi connectivity index (χ2n) is 5.36. The zero-order valence-corrected chi connectivity index (χ0v) is 13.4. The van der Waals surface area contributed by atoms with Gasteiger partial charge in [0.15, 0.2) is 0 Å². The van der Waals surface area contributed by atoms with E-state index >= 15 is 0 Å². The molecule has 0 aliphatic heterocycles. The highest BCUT2D eigenvalue weighted by molar-refractivity contribution is 7.98.